The van der Waals surface area contributed by atoms with E-state index in [1.165, 1.54) is 12.1 Å². The third-order valence-corrected chi connectivity index (χ3v) is 2.90. The number of carbonyl (C=O) groups is 1. The minimum atomic E-state index is -3.14. The number of anilines is 1. The fourth-order valence-corrected chi connectivity index (χ4v) is 2.17. The van der Waals surface area contributed by atoms with Crippen LogP contribution in [0.1, 0.15) is 22.8 Å². The van der Waals surface area contributed by atoms with Crippen molar-refractivity contribution >= 4 is 21.5 Å². The predicted molar refractivity (Wildman–Crippen MR) is 65.4 cm³/mol. The highest BCUT2D eigenvalue weighted by Gasteiger charge is 2.13. The van der Waals surface area contributed by atoms with Crippen molar-refractivity contribution in [3.8, 4) is 0 Å². The van der Waals surface area contributed by atoms with Crippen LogP contribution in [-0.4, -0.2) is 27.2 Å². The second-order valence-electron chi connectivity index (χ2n) is 3.71. The Morgan fingerprint density at radius 1 is 1.41 bits per heavy atom. The SMILES string of the molecule is CCOC(=O)c1cc(CS(C)(=O)=O)ccc1N. The van der Waals surface area contributed by atoms with Crippen molar-refractivity contribution in [3.05, 3.63) is 29.3 Å². The number of esters is 1. The first-order valence-corrected chi connectivity index (χ1v) is 7.13. The highest BCUT2D eigenvalue weighted by Crippen LogP contribution is 2.17. The van der Waals surface area contributed by atoms with Gasteiger partial charge in [-0.25, -0.2) is 13.2 Å². The van der Waals surface area contributed by atoms with Gasteiger partial charge in [0.15, 0.2) is 9.84 Å². The van der Waals surface area contributed by atoms with Gasteiger partial charge >= 0.3 is 5.97 Å². The Kier molecular flexibility index (Phi) is 4.11. The number of sulfone groups is 1. The summed E-state index contributed by atoms with van der Waals surface area (Å²) in [6.07, 6.45) is 1.13. The summed E-state index contributed by atoms with van der Waals surface area (Å²) in [6, 6.07) is 4.54. The molecule has 1 aromatic carbocycles. The van der Waals surface area contributed by atoms with Crippen molar-refractivity contribution in [3.63, 3.8) is 0 Å². The Labute approximate surface area is 100 Å². The van der Waals surface area contributed by atoms with Crippen LogP contribution in [0.3, 0.4) is 0 Å². The molecule has 0 aromatic heterocycles. The Morgan fingerprint density at radius 3 is 2.59 bits per heavy atom. The lowest BCUT2D eigenvalue weighted by molar-refractivity contribution is 0.0527. The smallest absolute Gasteiger partial charge is 0.340 e. The summed E-state index contributed by atoms with van der Waals surface area (Å²) in [6.45, 7) is 1.93. The molecule has 0 aliphatic rings. The quantitative estimate of drug-likeness (QED) is 0.642. The van der Waals surface area contributed by atoms with E-state index < -0.39 is 15.8 Å². The summed E-state index contributed by atoms with van der Waals surface area (Å²) in [5.74, 6) is -0.667. The van der Waals surface area contributed by atoms with Crippen molar-refractivity contribution in [1.29, 1.82) is 0 Å². The number of ether oxygens (including phenoxy) is 1. The number of nitrogens with two attached hydrogens (primary N) is 1. The molecule has 0 fully saturated rings. The van der Waals surface area contributed by atoms with E-state index in [-0.39, 0.29) is 23.6 Å². The molecule has 0 amide bonds. The standard InChI is InChI=1S/C11H15NO4S/c1-3-16-11(13)9-6-8(4-5-10(9)12)7-17(2,14)15/h4-6H,3,7,12H2,1-2H3. The van der Waals surface area contributed by atoms with E-state index in [1.54, 1.807) is 13.0 Å². The molecule has 1 rings (SSSR count). The molecule has 1 aromatic rings. The maximum atomic E-state index is 11.5. The normalized spacial score (nSPS) is 11.2. The lowest BCUT2D eigenvalue weighted by Crippen LogP contribution is -2.09. The first kappa shape index (κ1) is 13.5. The zero-order valence-corrected chi connectivity index (χ0v) is 10.6. The summed E-state index contributed by atoms with van der Waals surface area (Å²) in [5, 5.41) is 0. The van der Waals surface area contributed by atoms with Gasteiger partial charge in [-0.3, -0.25) is 0 Å². The molecule has 0 spiro atoms. The van der Waals surface area contributed by atoms with Crippen molar-refractivity contribution in [1.82, 2.24) is 0 Å². The number of benzene rings is 1. The maximum absolute atomic E-state index is 11.5. The average molecular weight is 257 g/mol. The van der Waals surface area contributed by atoms with Crippen LogP contribution in [-0.2, 0) is 20.3 Å². The molecular formula is C11H15NO4S. The molecule has 0 atom stereocenters. The van der Waals surface area contributed by atoms with Crippen LogP contribution >= 0.6 is 0 Å². The molecule has 0 aliphatic carbocycles. The largest absolute Gasteiger partial charge is 0.462 e. The predicted octanol–water partition coefficient (Wildman–Crippen LogP) is 0.990. The molecule has 6 heteroatoms. The molecule has 0 bridgehead atoms. The van der Waals surface area contributed by atoms with Gasteiger partial charge in [0, 0.05) is 11.9 Å². The molecular weight excluding hydrogens is 242 g/mol. The summed E-state index contributed by atoms with van der Waals surface area (Å²) < 4.78 is 27.1. The van der Waals surface area contributed by atoms with E-state index in [9.17, 15) is 13.2 Å². The number of hydrogen-bond acceptors (Lipinski definition) is 5. The zero-order chi connectivity index (χ0) is 13.1. The van der Waals surface area contributed by atoms with Crippen molar-refractivity contribution in [2.75, 3.05) is 18.6 Å². The number of carbonyl (C=O) groups excluding carboxylic acids is 1. The third kappa shape index (κ3) is 4.07. The van der Waals surface area contributed by atoms with E-state index in [4.69, 9.17) is 10.5 Å². The first-order chi connectivity index (χ1) is 7.83. The van der Waals surface area contributed by atoms with Gasteiger partial charge in [-0.05, 0) is 24.6 Å². The zero-order valence-electron chi connectivity index (χ0n) is 9.76. The Bertz CT molecular complexity index is 522. The van der Waals surface area contributed by atoms with Crippen molar-refractivity contribution in [2.45, 2.75) is 12.7 Å². The van der Waals surface area contributed by atoms with Gasteiger partial charge in [-0.2, -0.15) is 0 Å². The molecule has 0 heterocycles. The molecule has 0 unspecified atom stereocenters. The Hall–Kier alpha value is -1.56. The number of hydrogen-bond donors (Lipinski definition) is 1. The fourth-order valence-electron chi connectivity index (χ4n) is 1.38. The molecule has 17 heavy (non-hydrogen) atoms. The highest BCUT2D eigenvalue weighted by molar-refractivity contribution is 7.89. The van der Waals surface area contributed by atoms with Crippen LogP contribution in [0.15, 0.2) is 18.2 Å². The number of nitrogen functional groups attached to an aromatic ring is 1. The second kappa shape index (κ2) is 5.18. The van der Waals surface area contributed by atoms with E-state index in [0.29, 0.717) is 5.56 Å². The molecule has 0 radical (unpaired) electrons. The van der Waals surface area contributed by atoms with Crippen LogP contribution in [0.25, 0.3) is 0 Å². The minimum absolute atomic E-state index is 0.125. The van der Waals surface area contributed by atoms with E-state index in [1.807, 2.05) is 0 Å². The number of rotatable bonds is 4. The highest BCUT2D eigenvalue weighted by atomic mass is 32.2. The monoisotopic (exact) mass is 257 g/mol. The summed E-state index contributed by atoms with van der Waals surface area (Å²) in [4.78, 5) is 11.5. The maximum Gasteiger partial charge on any atom is 0.340 e. The Balaban J connectivity index is 3.06. The molecule has 0 saturated carbocycles. The van der Waals surface area contributed by atoms with Gasteiger partial charge in [0.05, 0.1) is 17.9 Å². The van der Waals surface area contributed by atoms with E-state index >= 15 is 0 Å². The lowest BCUT2D eigenvalue weighted by atomic mass is 10.1. The molecule has 0 aliphatic heterocycles. The molecule has 2 N–H and O–H groups in total. The van der Waals surface area contributed by atoms with Gasteiger partial charge in [0.1, 0.15) is 0 Å². The second-order valence-corrected chi connectivity index (χ2v) is 5.85. The summed E-state index contributed by atoms with van der Waals surface area (Å²) in [7, 11) is -3.14. The molecule has 94 valence electrons. The van der Waals surface area contributed by atoms with Gasteiger partial charge in [-0.15, -0.1) is 0 Å². The van der Waals surface area contributed by atoms with Crippen LogP contribution in [0, 0.1) is 0 Å². The van der Waals surface area contributed by atoms with Gasteiger partial charge < -0.3 is 10.5 Å². The fraction of sp³-hybridized carbons (Fsp3) is 0.364. The van der Waals surface area contributed by atoms with Crippen LogP contribution < -0.4 is 5.73 Å². The van der Waals surface area contributed by atoms with E-state index in [2.05, 4.69) is 0 Å². The van der Waals surface area contributed by atoms with Crippen molar-refractivity contribution < 1.29 is 17.9 Å². The lowest BCUT2D eigenvalue weighted by Gasteiger charge is -2.07. The van der Waals surface area contributed by atoms with Crippen LogP contribution in [0.2, 0.25) is 0 Å². The average Bonchev–Trinajstić information content (AvgIpc) is 2.19. The van der Waals surface area contributed by atoms with Gasteiger partial charge in [0.2, 0.25) is 0 Å². The topological polar surface area (TPSA) is 86.5 Å². The van der Waals surface area contributed by atoms with Crippen molar-refractivity contribution in [2.24, 2.45) is 0 Å². The van der Waals surface area contributed by atoms with Crippen LogP contribution in [0.4, 0.5) is 5.69 Å². The van der Waals surface area contributed by atoms with Gasteiger partial charge in [-0.1, -0.05) is 6.07 Å². The van der Waals surface area contributed by atoms with Crippen LogP contribution in [0.5, 0.6) is 0 Å². The summed E-state index contributed by atoms with van der Waals surface area (Å²) >= 11 is 0. The Morgan fingerprint density at radius 2 is 2.06 bits per heavy atom. The van der Waals surface area contributed by atoms with E-state index in [0.717, 1.165) is 6.26 Å². The first-order valence-electron chi connectivity index (χ1n) is 5.06. The molecule has 0 saturated heterocycles. The molecule has 5 nitrogen and oxygen atoms in total. The third-order valence-electron chi connectivity index (χ3n) is 2.04. The minimum Gasteiger partial charge on any atom is -0.462 e. The summed E-state index contributed by atoms with van der Waals surface area (Å²) in [5.41, 5.74) is 6.63. The van der Waals surface area contributed by atoms with Gasteiger partial charge in [0.25, 0.3) is 0 Å².